The number of hydrogen-bond donors (Lipinski definition) is 1. The highest BCUT2D eigenvalue weighted by molar-refractivity contribution is 9.10. The molecule has 2 aromatic rings. The van der Waals surface area contributed by atoms with Gasteiger partial charge in [-0.25, -0.2) is 18.7 Å². The summed E-state index contributed by atoms with van der Waals surface area (Å²) in [7, 11) is 0. The maximum absolute atomic E-state index is 13.6. The monoisotopic (exact) mass is 339 g/mol. The molecule has 3 rings (SSSR count). The summed E-state index contributed by atoms with van der Waals surface area (Å²) in [5.41, 5.74) is 3.42. The van der Waals surface area contributed by atoms with Crippen LogP contribution in [0.4, 0.5) is 8.78 Å². The fourth-order valence-corrected chi connectivity index (χ4v) is 2.86. The SMILES string of the molecule is Cc1nc(-c2ccc(F)c(F)c2Br)nc2c1CCNC2. The van der Waals surface area contributed by atoms with E-state index in [1.54, 1.807) is 0 Å². The number of nitrogens with one attached hydrogen (secondary N) is 1. The molecule has 0 saturated carbocycles. The largest absolute Gasteiger partial charge is 0.311 e. The number of fused-ring (bicyclic) bond motifs is 1. The lowest BCUT2D eigenvalue weighted by Gasteiger charge is -2.19. The van der Waals surface area contributed by atoms with Crippen molar-refractivity contribution in [1.82, 2.24) is 15.3 Å². The van der Waals surface area contributed by atoms with Crippen molar-refractivity contribution in [3.8, 4) is 11.4 Å². The third-order valence-electron chi connectivity index (χ3n) is 3.42. The lowest BCUT2D eigenvalue weighted by molar-refractivity contribution is 0.504. The van der Waals surface area contributed by atoms with E-state index in [0.717, 1.165) is 36.0 Å². The third kappa shape index (κ3) is 2.23. The third-order valence-corrected chi connectivity index (χ3v) is 4.20. The van der Waals surface area contributed by atoms with Crippen molar-refractivity contribution >= 4 is 15.9 Å². The zero-order valence-electron chi connectivity index (χ0n) is 10.8. The van der Waals surface area contributed by atoms with Crippen molar-refractivity contribution in [3.05, 3.63) is 45.2 Å². The first-order valence-electron chi connectivity index (χ1n) is 6.29. The average Bonchev–Trinajstić information content (AvgIpc) is 2.45. The smallest absolute Gasteiger partial charge is 0.173 e. The predicted octanol–water partition coefficient (Wildman–Crippen LogP) is 3.14. The molecule has 0 radical (unpaired) electrons. The van der Waals surface area contributed by atoms with E-state index in [0.29, 0.717) is 17.9 Å². The van der Waals surface area contributed by atoms with Crippen molar-refractivity contribution in [3.63, 3.8) is 0 Å². The zero-order chi connectivity index (χ0) is 14.3. The topological polar surface area (TPSA) is 37.8 Å². The Bertz CT molecular complexity index is 689. The van der Waals surface area contributed by atoms with E-state index < -0.39 is 11.6 Å². The summed E-state index contributed by atoms with van der Waals surface area (Å²) >= 11 is 3.08. The summed E-state index contributed by atoms with van der Waals surface area (Å²) in [6.07, 6.45) is 0.889. The van der Waals surface area contributed by atoms with Crippen LogP contribution in [0.1, 0.15) is 17.0 Å². The molecule has 1 N–H and O–H groups in total. The van der Waals surface area contributed by atoms with Gasteiger partial charge in [0, 0.05) is 17.8 Å². The molecular weight excluding hydrogens is 328 g/mol. The number of halogens is 3. The molecule has 0 bridgehead atoms. The molecule has 0 aliphatic carbocycles. The molecule has 1 aliphatic heterocycles. The summed E-state index contributed by atoms with van der Waals surface area (Å²) < 4.78 is 26.9. The number of hydrogen-bond acceptors (Lipinski definition) is 3. The Hall–Kier alpha value is -1.40. The number of aromatic nitrogens is 2. The Morgan fingerprint density at radius 3 is 2.85 bits per heavy atom. The number of rotatable bonds is 1. The standard InChI is InChI=1S/C14H12BrF2N3/c1-7-8-4-5-18-6-11(8)20-14(19-7)9-2-3-10(16)13(17)12(9)15/h2-3,18H,4-6H2,1H3. The number of benzene rings is 1. The molecule has 104 valence electrons. The van der Waals surface area contributed by atoms with E-state index in [2.05, 4.69) is 31.2 Å². The fourth-order valence-electron chi connectivity index (χ4n) is 2.37. The van der Waals surface area contributed by atoms with Crippen molar-refractivity contribution in [2.24, 2.45) is 0 Å². The summed E-state index contributed by atoms with van der Waals surface area (Å²) in [5.74, 6) is -1.40. The molecule has 3 nitrogen and oxygen atoms in total. The molecule has 2 heterocycles. The van der Waals surface area contributed by atoms with Gasteiger partial charge >= 0.3 is 0 Å². The molecule has 6 heteroatoms. The van der Waals surface area contributed by atoms with Gasteiger partial charge in [0.15, 0.2) is 17.5 Å². The minimum absolute atomic E-state index is 0.0561. The second-order valence-electron chi connectivity index (χ2n) is 4.71. The maximum atomic E-state index is 13.6. The van der Waals surface area contributed by atoms with E-state index >= 15 is 0 Å². The zero-order valence-corrected chi connectivity index (χ0v) is 12.4. The van der Waals surface area contributed by atoms with Crippen LogP contribution >= 0.6 is 15.9 Å². The molecule has 1 aromatic heterocycles. The first-order chi connectivity index (χ1) is 9.58. The first kappa shape index (κ1) is 13.6. The normalized spacial score (nSPS) is 14.2. The predicted molar refractivity (Wildman–Crippen MR) is 75.2 cm³/mol. The molecule has 0 spiro atoms. The van der Waals surface area contributed by atoms with Gasteiger partial charge in [0.2, 0.25) is 0 Å². The van der Waals surface area contributed by atoms with Gasteiger partial charge in [-0.15, -0.1) is 0 Å². The van der Waals surface area contributed by atoms with Crippen LogP contribution in [0, 0.1) is 18.6 Å². The van der Waals surface area contributed by atoms with Crippen LogP contribution in [-0.2, 0) is 13.0 Å². The van der Waals surface area contributed by atoms with Gasteiger partial charge in [0.1, 0.15) is 0 Å². The molecular formula is C14H12BrF2N3. The maximum Gasteiger partial charge on any atom is 0.173 e. The number of nitrogens with zero attached hydrogens (tertiary/aromatic N) is 2. The van der Waals surface area contributed by atoms with Crippen LogP contribution in [-0.4, -0.2) is 16.5 Å². The fraction of sp³-hybridized carbons (Fsp3) is 0.286. The quantitative estimate of drug-likeness (QED) is 0.811. The first-order valence-corrected chi connectivity index (χ1v) is 7.08. The van der Waals surface area contributed by atoms with Crippen molar-refractivity contribution < 1.29 is 8.78 Å². The molecule has 1 aromatic carbocycles. The Morgan fingerprint density at radius 2 is 2.05 bits per heavy atom. The molecule has 0 atom stereocenters. The van der Waals surface area contributed by atoms with E-state index in [1.807, 2.05) is 6.92 Å². The molecule has 0 saturated heterocycles. The molecule has 0 unspecified atom stereocenters. The molecule has 0 fully saturated rings. The van der Waals surface area contributed by atoms with Gasteiger partial charge in [-0.1, -0.05) is 0 Å². The Balaban J connectivity index is 2.16. The van der Waals surface area contributed by atoms with Crippen molar-refractivity contribution in [2.45, 2.75) is 19.9 Å². The lowest BCUT2D eigenvalue weighted by atomic mass is 10.0. The minimum Gasteiger partial charge on any atom is -0.311 e. The van der Waals surface area contributed by atoms with Crippen molar-refractivity contribution in [2.75, 3.05) is 6.54 Å². The Kier molecular flexibility index (Phi) is 3.52. The van der Waals surface area contributed by atoms with Crippen LogP contribution in [0.5, 0.6) is 0 Å². The van der Waals surface area contributed by atoms with Crippen molar-refractivity contribution in [1.29, 1.82) is 0 Å². The average molecular weight is 340 g/mol. The van der Waals surface area contributed by atoms with Gasteiger partial charge in [-0.3, -0.25) is 0 Å². The number of aryl methyl sites for hydroxylation is 1. The highest BCUT2D eigenvalue weighted by Crippen LogP contribution is 2.30. The van der Waals surface area contributed by atoms with Crippen LogP contribution in [0.25, 0.3) is 11.4 Å². The lowest BCUT2D eigenvalue weighted by Crippen LogP contribution is -2.26. The van der Waals surface area contributed by atoms with E-state index in [9.17, 15) is 8.78 Å². The van der Waals surface area contributed by atoms with Crippen LogP contribution in [0.2, 0.25) is 0 Å². The Labute approximate surface area is 123 Å². The van der Waals surface area contributed by atoms with E-state index in [4.69, 9.17) is 0 Å². The summed E-state index contributed by atoms with van der Waals surface area (Å²) in [6.45, 7) is 3.50. The van der Waals surface area contributed by atoms with Gasteiger partial charge in [0.25, 0.3) is 0 Å². The van der Waals surface area contributed by atoms with Gasteiger partial charge in [-0.05, 0) is 53.5 Å². The second kappa shape index (κ2) is 5.18. The van der Waals surface area contributed by atoms with Crippen LogP contribution < -0.4 is 5.32 Å². The summed E-state index contributed by atoms with van der Waals surface area (Å²) in [4.78, 5) is 8.91. The van der Waals surface area contributed by atoms with Gasteiger partial charge in [0.05, 0.1) is 10.2 Å². The van der Waals surface area contributed by atoms with Crippen LogP contribution in [0.3, 0.4) is 0 Å². The highest BCUT2D eigenvalue weighted by atomic mass is 79.9. The van der Waals surface area contributed by atoms with E-state index in [-0.39, 0.29) is 4.47 Å². The van der Waals surface area contributed by atoms with Crippen LogP contribution in [0.15, 0.2) is 16.6 Å². The molecule has 20 heavy (non-hydrogen) atoms. The molecule has 1 aliphatic rings. The minimum atomic E-state index is -0.917. The highest BCUT2D eigenvalue weighted by Gasteiger charge is 2.19. The molecule has 0 amide bonds. The van der Waals surface area contributed by atoms with Gasteiger partial charge in [-0.2, -0.15) is 0 Å². The van der Waals surface area contributed by atoms with Gasteiger partial charge < -0.3 is 5.32 Å². The van der Waals surface area contributed by atoms with E-state index in [1.165, 1.54) is 6.07 Å². The second-order valence-corrected chi connectivity index (χ2v) is 5.50. The Morgan fingerprint density at radius 1 is 1.25 bits per heavy atom. The summed E-state index contributed by atoms with van der Waals surface area (Å²) in [6, 6.07) is 2.58. The summed E-state index contributed by atoms with van der Waals surface area (Å²) in [5, 5.41) is 3.25.